The lowest BCUT2D eigenvalue weighted by molar-refractivity contribution is 0.0302. The van der Waals surface area contributed by atoms with E-state index in [0.29, 0.717) is 5.54 Å². The highest BCUT2D eigenvalue weighted by Crippen LogP contribution is 2.44. The Morgan fingerprint density at radius 1 is 0.952 bits per heavy atom. The number of benzene rings is 1. The van der Waals surface area contributed by atoms with Crippen LogP contribution >= 0.6 is 0 Å². The van der Waals surface area contributed by atoms with Gasteiger partial charge in [0, 0.05) is 5.54 Å². The summed E-state index contributed by atoms with van der Waals surface area (Å²) in [5, 5.41) is 0. The molecule has 1 saturated carbocycles. The lowest BCUT2D eigenvalue weighted by Gasteiger charge is -2.49. The van der Waals surface area contributed by atoms with Crippen LogP contribution in [-0.2, 0) is 5.54 Å². The van der Waals surface area contributed by atoms with Crippen LogP contribution in [0, 0.1) is 6.92 Å². The summed E-state index contributed by atoms with van der Waals surface area (Å²) >= 11 is 0. The van der Waals surface area contributed by atoms with Crippen molar-refractivity contribution >= 4 is 0 Å². The molecule has 0 radical (unpaired) electrons. The number of hydrogen-bond acceptors (Lipinski definition) is 2. The van der Waals surface area contributed by atoms with Gasteiger partial charge in [-0.1, -0.05) is 37.8 Å². The highest BCUT2D eigenvalue weighted by molar-refractivity contribution is 5.39. The molecule has 2 aliphatic rings. The van der Waals surface area contributed by atoms with Gasteiger partial charge < -0.3 is 4.74 Å². The average molecular weight is 287 g/mol. The quantitative estimate of drug-likeness (QED) is 0.802. The third-order valence-electron chi connectivity index (χ3n) is 5.57. The third kappa shape index (κ3) is 2.83. The summed E-state index contributed by atoms with van der Waals surface area (Å²) in [6.07, 6.45) is 11.0. The maximum Gasteiger partial charge on any atom is 0.121 e. The summed E-state index contributed by atoms with van der Waals surface area (Å²) in [7, 11) is 1.77. The lowest BCUT2D eigenvalue weighted by Crippen LogP contribution is -2.49. The van der Waals surface area contributed by atoms with Crippen LogP contribution in [0.3, 0.4) is 0 Å². The van der Waals surface area contributed by atoms with Crippen molar-refractivity contribution in [1.82, 2.24) is 4.90 Å². The van der Waals surface area contributed by atoms with E-state index in [1.165, 1.54) is 75.6 Å². The first kappa shape index (κ1) is 14.9. The summed E-state index contributed by atoms with van der Waals surface area (Å²) in [5.41, 5.74) is 3.11. The van der Waals surface area contributed by atoms with E-state index in [0.717, 1.165) is 5.75 Å². The molecule has 0 atom stereocenters. The molecule has 1 aromatic rings. The van der Waals surface area contributed by atoms with Crippen LogP contribution in [-0.4, -0.2) is 25.1 Å². The van der Waals surface area contributed by atoms with Crippen molar-refractivity contribution in [2.24, 2.45) is 0 Å². The van der Waals surface area contributed by atoms with Gasteiger partial charge in [-0.25, -0.2) is 0 Å². The van der Waals surface area contributed by atoms with Gasteiger partial charge in [-0.2, -0.15) is 0 Å². The van der Waals surface area contributed by atoms with Crippen LogP contribution in [0.25, 0.3) is 0 Å². The van der Waals surface area contributed by atoms with Gasteiger partial charge >= 0.3 is 0 Å². The monoisotopic (exact) mass is 287 g/mol. The van der Waals surface area contributed by atoms with Crippen LogP contribution in [0.15, 0.2) is 18.2 Å². The molecule has 21 heavy (non-hydrogen) atoms. The number of nitrogens with zero attached hydrogens (tertiary/aromatic N) is 1. The Morgan fingerprint density at radius 2 is 1.62 bits per heavy atom. The van der Waals surface area contributed by atoms with Crippen molar-refractivity contribution in [3.05, 3.63) is 29.3 Å². The molecule has 2 fully saturated rings. The Kier molecular flexibility index (Phi) is 4.54. The van der Waals surface area contributed by atoms with E-state index in [1.54, 1.807) is 7.11 Å². The molecule has 0 N–H and O–H groups in total. The summed E-state index contributed by atoms with van der Waals surface area (Å²) in [5.74, 6) is 1.02. The molecular weight excluding hydrogens is 258 g/mol. The van der Waals surface area contributed by atoms with Crippen LogP contribution in [0.2, 0.25) is 0 Å². The topological polar surface area (TPSA) is 12.5 Å². The molecule has 0 unspecified atom stereocenters. The zero-order valence-electron chi connectivity index (χ0n) is 13.7. The summed E-state index contributed by atoms with van der Waals surface area (Å²) in [4.78, 5) is 2.80. The summed E-state index contributed by atoms with van der Waals surface area (Å²) in [6.45, 7) is 4.74. The Balaban J connectivity index is 1.96. The van der Waals surface area contributed by atoms with Crippen molar-refractivity contribution < 1.29 is 4.74 Å². The molecule has 1 aliphatic carbocycles. The van der Waals surface area contributed by atoms with Gasteiger partial charge in [0.05, 0.1) is 7.11 Å². The predicted molar refractivity (Wildman–Crippen MR) is 87.9 cm³/mol. The van der Waals surface area contributed by atoms with Gasteiger partial charge in [0.25, 0.3) is 0 Å². The maximum atomic E-state index is 5.45. The van der Waals surface area contributed by atoms with Gasteiger partial charge in [0.2, 0.25) is 0 Å². The van der Waals surface area contributed by atoms with Crippen molar-refractivity contribution in [3.63, 3.8) is 0 Å². The molecular formula is C19H29NO. The predicted octanol–water partition coefficient (Wildman–Crippen LogP) is 4.65. The minimum Gasteiger partial charge on any atom is -0.496 e. The minimum atomic E-state index is 0.301. The largest absolute Gasteiger partial charge is 0.496 e. The fraction of sp³-hybridized carbons (Fsp3) is 0.684. The third-order valence-corrected chi connectivity index (χ3v) is 5.57. The number of rotatable bonds is 3. The number of likely N-dealkylation sites (tertiary alicyclic amines) is 1. The van der Waals surface area contributed by atoms with E-state index in [1.807, 2.05) is 0 Å². The molecule has 0 aromatic heterocycles. The first-order chi connectivity index (χ1) is 10.3. The number of aryl methyl sites for hydroxylation is 1. The van der Waals surface area contributed by atoms with E-state index in [-0.39, 0.29) is 0 Å². The Hall–Kier alpha value is -1.02. The zero-order chi connectivity index (χ0) is 14.7. The van der Waals surface area contributed by atoms with E-state index in [2.05, 4.69) is 30.0 Å². The van der Waals surface area contributed by atoms with Gasteiger partial charge in [-0.3, -0.25) is 4.90 Å². The average Bonchev–Trinajstić information content (AvgIpc) is 2.56. The van der Waals surface area contributed by atoms with E-state index < -0.39 is 0 Å². The van der Waals surface area contributed by atoms with Gasteiger partial charge in [0.1, 0.15) is 5.75 Å². The van der Waals surface area contributed by atoms with E-state index in [9.17, 15) is 0 Å². The normalized spacial score (nSPS) is 23.0. The van der Waals surface area contributed by atoms with Crippen molar-refractivity contribution in [1.29, 1.82) is 0 Å². The minimum absolute atomic E-state index is 0.301. The maximum absolute atomic E-state index is 5.45. The van der Waals surface area contributed by atoms with Crippen molar-refractivity contribution in [3.8, 4) is 5.75 Å². The Labute approximate surface area is 129 Å². The van der Waals surface area contributed by atoms with E-state index >= 15 is 0 Å². The first-order valence-corrected chi connectivity index (χ1v) is 8.66. The lowest BCUT2D eigenvalue weighted by atomic mass is 9.74. The number of methoxy groups -OCH3 is 1. The Morgan fingerprint density at radius 3 is 2.24 bits per heavy atom. The molecule has 1 aromatic carbocycles. The second-order valence-corrected chi connectivity index (χ2v) is 6.82. The smallest absolute Gasteiger partial charge is 0.121 e. The fourth-order valence-electron chi connectivity index (χ4n) is 4.41. The van der Waals surface area contributed by atoms with Gasteiger partial charge in [-0.05, 0) is 62.9 Å². The first-order valence-electron chi connectivity index (χ1n) is 8.66. The van der Waals surface area contributed by atoms with Gasteiger partial charge in [-0.15, -0.1) is 0 Å². The van der Waals surface area contributed by atoms with Crippen molar-refractivity contribution in [2.75, 3.05) is 20.2 Å². The summed E-state index contributed by atoms with van der Waals surface area (Å²) < 4.78 is 5.45. The van der Waals surface area contributed by atoms with Gasteiger partial charge in [0.15, 0.2) is 0 Å². The molecule has 0 spiro atoms. The van der Waals surface area contributed by atoms with Crippen LogP contribution in [0.1, 0.15) is 62.5 Å². The molecule has 3 rings (SSSR count). The molecule has 0 amide bonds. The molecule has 116 valence electrons. The highest BCUT2D eigenvalue weighted by Gasteiger charge is 2.39. The second kappa shape index (κ2) is 6.39. The number of ether oxygens (including phenoxy) is 1. The standard InChI is InChI=1S/C19H29NO/c1-16-15-17(9-10-18(16)21-2)19(11-5-3-6-12-19)20-13-7-4-8-14-20/h9-10,15H,3-8,11-14H2,1-2H3. The van der Waals surface area contributed by atoms with Crippen LogP contribution in [0.5, 0.6) is 5.75 Å². The molecule has 1 heterocycles. The zero-order valence-corrected chi connectivity index (χ0v) is 13.7. The molecule has 2 nitrogen and oxygen atoms in total. The molecule has 2 heteroatoms. The fourth-order valence-corrected chi connectivity index (χ4v) is 4.41. The Bertz CT molecular complexity index is 470. The summed E-state index contributed by atoms with van der Waals surface area (Å²) in [6, 6.07) is 6.88. The van der Waals surface area contributed by atoms with E-state index in [4.69, 9.17) is 4.74 Å². The number of hydrogen-bond donors (Lipinski definition) is 0. The SMILES string of the molecule is COc1ccc(C2(N3CCCCC3)CCCCC2)cc1C. The second-order valence-electron chi connectivity index (χ2n) is 6.82. The highest BCUT2D eigenvalue weighted by atomic mass is 16.5. The molecule has 1 aliphatic heterocycles. The van der Waals surface area contributed by atoms with Crippen LogP contribution < -0.4 is 4.74 Å². The van der Waals surface area contributed by atoms with Crippen molar-refractivity contribution in [2.45, 2.75) is 63.8 Å². The van der Waals surface area contributed by atoms with Crippen LogP contribution in [0.4, 0.5) is 0 Å². The number of piperidine rings is 1. The molecule has 1 saturated heterocycles. The molecule has 0 bridgehead atoms.